The largest absolute Gasteiger partial charge is 0.469 e. The van der Waals surface area contributed by atoms with E-state index < -0.39 is 14.9 Å². The summed E-state index contributed by atoms with van der Waals surface area (Å²) in [5.74, 6) is -0.267. The van der Waals surface area contributed by atoms with E-state index in [1.165, 1.54) is 23.5 Å². The molecule has 0 atom stereocenters. The van der Waals surface area contributed by atoms with Gasteiger partial charge >= 0.3 is 5.97 Å². The second kappa shape index (κ2) is 11.3. The molecule has 31 heavy (non-hydrogen) atoms. The molecule has 0 radical (unpaired) electrons. The van der Waals surface area contributed by atoms with E-state index in [1.54, 1.807) is 37.3 Å². The Morgan fingerprint density at radius 3 is 2.45 bits per heavy atom. The lowest BCUT2D eigenvalue weighted by Crippen LogP contribution is -2.30. The number of ether oxygens (including phenoxy) is 1. The number of hydrogen-bond donors (Lipinski definition) is 1. The Kier molecular flexibility index (Phi) is 8.80. The Labute approximate surface area is 182 Å². The van der Waals surface area contributed by atoms with Gasteiger partial charge in [-0.3, -0.25) is 19.2 Å². The molecule has 0 saturated heterocycles. The van der Waals surface area contributed by atoms with Crippen LogP contribution in [0.1, 0.15) is 32.6 Å². The molecule has 0 fully saturated rings. The number of benzene rings is 2. The molecule has 2 rings (SSSR count). The number of nitro benzene ring substituents is 1. The van der Waals surface area contributed by atoms with Gasteiger partial charge in [0.2, 0.25) is 0 Å². The fourth-order valence-corrected chi connectivity index (χ4v) is 4.58. The van der Waals surface area contributed by atoms with Crippen molar-refractivity contribution in [1.29, 1.82) is 0 Å². The second-order valence-electron chi connectivity index (χ2n) is 6.75. The molecule has 1 N–H and O–H groups in total. The van der Waals surface area contributed by atoms with Crippen LogP contribution in [0.15, 0.2) is 53.4 Å². The van der Waals surface area contributed by atoms with Gasteiger partial charge in [-0.1, -0.05) is 24.6 Å². The van der Waals surface area contributed by atoms with Crippen LogP contribution in [-0.2, 0) is 19.6 Å². The number of methoxy groups -OCH3 is 1. The lowest BCUT2D eigenvalue weighted by molar-refractivity contribution is -0.384. The number of sulfonamides is 1. The molecular formula is C21H27N3O6S. The van der Waals surface area contributed by atoms with Crippen molar-refractivity contribution in [2.24, 2.45) is 0 Å². The van der Waals surface area contributed by atoms with Crippen LogP contribution in [0.25, 0.3) is 0 Å². The van der Waals surface area contributed by atoms with E-state index in [0.717, 1.165) is 12.5 Å². The van der Waals surface area contributed by atoms with Gasteiger partial charge in [0.25, 0.3) is 15.7 Å². The summed E-state index contributed by atoms with van der Waals surface area (Å²) in [7, 11) is -2.62. The van der Waals surface area contributed by atoms with E-state index >= 15 is 0 Å². The first kappa shape index (κ1) is 24.1. The van der Waals surface area contributed by atoms with Crippen molar-refractivity contribution < 1.29 is 22.9 Å². The number of rotatable bonds is 12. The monoisotopic (exact) mass is 449 g/mol. The highest BCUT2D eigenvalue weighted by molar-refractivity contribution is 7.92. The predicted octanol–water partition coefficient (Wildman–Crippen LogP) is 3.96. The first-order chi connectivity index (χ1) is 14.8. The van der Waals surface area contributed by atoms with E-state index in [0.29, 0.717) is 31.5 Å². The summed E-state index contributed by atoms with van der Waals surface area (Å²) >= 11 is 0. The maximum absolute atomic E-state index is 13.1. The minimum absolute atomic E-state index is 0.145. The van der Waals surface area contributed by atoms with Gasteiger partial charge in [0, 0.05) is 25.6 Å². The number of hydrogen-bond acceptors (Lipinski definition) is 7. The van der Waals surface area contributed by atoms with Crippen molar-refractivity contribution in [3.8, 4) is 0 Å². The first-order valence-electron chi connectivity index (χ1n) is 9.98. The smallest absolute Gasteiger partial charge is 0.305 e. The molecule has 2 aromatic carbocycles. The number of carbonyl (C=O) groups excluding carboxylic acids is 1. The molecule has 168 valence electrons. The van der Waals surface area contributed by atoms with Gasteiger partial charge in [-0.2, -0.15) is 0 Å². The fraction of sp³-hybridized carbons (Fsp3) is 0.381. The predicted molar refractivity (Wildman–Crippen MR) is 119 cm³/mol. The summed E-state index contributed by atoms with van der Waals surface area (Å²) in [4.78, 5) is 21.9. The third-order valence-electron chi connectivity index (χ3n) is 4.69. The summed E-state index contributed by atoms with van der Waals surface area (Å²) in [6, 6.07) is 12.5. The highest BCUT2D eigenvalue weighted by Gasteiger charge is 2.27. The quantitative estimate of drug-likeness (QED) is 0.225. The lowest BCUT2D eigenvalue weighted by atomic mass is 10.2. The van der Waals surface area contributed by atoms with Crippen molar-refractivity contribution >= 4 is 33.1 Å². The zero-order valence-electron chi connectivity index (χ0n) is 17.6. The molecule has 0 aliphatic rings. The average molecular weight is 450 g/mol. The Balaban J connectivity index is 2.14. The van der Waals surface area contributed by atoms with E-state index in [1.807, 2.05) is 0 Å². The van der Waals surface area contributed by atoms with Crippen LogP contribution < -0.4 is 9.62 Å². The topological polar surface area (TPSA) is 119 Å². The van der Waals surface area contributed by atoms with Gasteiger partial charge in [-0.25, -0.2) is 8.42 Å². The maximum atomic E-state index is 13.1. The molecule has 0 spiro atoms. The summed E-state index contributed by atoms with van der Waals surface area (Å²) in [5.41, 5.74) is 0.432. The summed E-state index contributed by atoms with van der Waals surface area (Å²) in [6.45, 7) is 2.35. The minimum Gasteiger partial charge on any atom is -0.469 e. The third-order valence-corrected chi connectivity index (χ3v) is 6.59. The first-order valence-corrected chi connectivity index (χ1v) is 11.4. The molecule has 0 aliphatic carbocycles. The number of nitrogens with one attached hydrogen (secondary N) is 1. The Morgan fingerprint density at radius 1 is 1.13 bits per heavy atom. The van der Waals surface area contributed by atoms with Crippen molar-refractivity contribution in [3.63, 3.8) is 0 Å². The molecule has 0 bridgehead atoms. The summed E-state index contributed by atoms with van der Waals surface area (Å²) in [6.07, 6.45) is 2.45. The third kappa shape index (κ3) is 6.42. The Bertz CT molecular complexity index is 995. The van der Waals surface area contributed by atoms with Crippen LogP contribution in [0.4, 0.5) is 17.1 Å². The fourth-order valence-electron chi connectivity index (χ4n) is 3.08. The Morgan fingerprint density at radius 2 is 1.84 bits per heavy atom. The Hall–Kier alpha value is -3.14. The normalized spacial score (nSPS) is 11.0. The molecule has 0 aliphatic heterocycles. The van der Waals surface area contributed by atoms with Crippen LogP contribution >= 0.6 is 0 Å². The number of carbonyl (C=O) groups is 1. The molecule has 10 heteroatoms. The van der Waals surface area contributed by atoms with Gasteiger partial charge in [-0.15, -0.1) is 0 Å². The van der Waals surface area contributed by atoms with Gasteiger partial charge in [-0.05, 0) is 44.0 Å². The SMILES string of the molecule is CCN(c1ccccc1)S(=O)(=O)c1ccc(NCCCCCC(=O)OC)c([N+](=O)[O-])c1. The second-order valence-corrected chi connectivity index (χ2v) is 8.62. The molecular weight excluding hydrogens is 422 g/mol. The van der Waals surface area contributed by atoms with Gasteiger partial charge in [0.15, 0.2) is 0 Å². The van der Waals surface area contributed by atoms with E-state index in [2.05, 4.69) is 10.1 Å². The van der Waals surface area contributed by atoms with Crippen LogP contribution in [-0.4, -0.2) is 39.5 Å². The highest BCUT2D eigenvalue weighted by Crippen LogP contribution is 2.30. The van der Waals surface area contributed by atoms with Crippen molar-refractivity contribution in [1.82, 2.24) is 0 Å². The zero-order valence-corrected chi connectivity index (χ0v) is 18.4. The van der Waals surface area contributed by atoms with Crippen molar-refractivity contribution in [2.45, 2.75) is 37.5 Å². The molecule has 0 aromatic heterocycles. The van der Waals surface area contributed by atoms with Crippen LogP contribution in [0.3, 0.4) is 0 Å². The molecule has 0 amide bonds. The maximum Gasteiger partial charge on any atom is 0.305 e. The average Bonchev–Trinajstić information content (AvgIpc) is 2.76. The summed E-state index contributed by atoms with van der Waals surface area (Å²) < 4.78 is 32.0. The zero-order chi connectivity index (χ0) is 22.9. The lowest BCUT2D eigenvalue weighted by Gasteiger charge is -2.23. The summed E-state index contributed by atoms with van der Waals surface area (Å²) in [5, 5.41) is 14.5. The number of nitrogens with zero attached hydrogens (tertiary/aromatic N) is 2. The number of para-hydroxylation sites is 1. The van der Waals surface area contributed by atoms with Crippen molar-refractivity contribution in [2.75, 3.05) is 29.8 Å². The number of unbranched alkanes of at least 4 members (excludes halogenated alkanes) is 2. The van der Waals surface area contributed by atoms with E-state index in [-0.39, 0.29) is 28.8 Å². The van der Waals surface area contributed by atoms with Crippen molar-refractivity contribution in [3.05, 3.63) is 58.6 Å². The molecule has 9 nitrogen and oxygen atoms in total. The molecule has 0 saturated carbocycles. The molecule has 0 heterocycles. The molecule has 0 unspecified atom stereocenters. The number of anilines is 2. The minimum atomic E-state index is -3.96. The van der Waals surface area contributed by atoms with Crippen LogP contribution in [0.5, 0.6) is 0 Å². The molecule has 2 aromatic rings. The van der Waals surface area contributed by atoms with Crippen LogP contribution in [0, 0.1) is 10.1 Å². The van der Waals surface area contributed by atoms with Gasteiger partial charge in [0.05, 0.1) is 22.6 Å². The number of esters is 1. The standard InChI is InChI=1S/C21H27N3O6S/c1-3-23(17-10-6-4-7-11-17)31(28,29)18-13-14-19(20(16-18)24(26)27)22-15-9-5-8-12-21(25)30-2/h4,6-7,10-11,13-14,16,22H,3,5,8-9,12,15H2,1-2H3. The van der Waals surface area contributed by atoms with Gasteiger partial charge in [0.1, 0.15) is 5.69 Å². The van der Waals surface area contributed by atoms with Gasteiger partial charge < -0.3 is 10.1 Å². The van der Waals surface area contributed by atoms with Crippen LogP contribution in [0.2, 0.25) is 0 Å². The van der Waals surface area contributed by atoms with E-state index in [4.69, 9.17) is 0 Å². The number of nitro groups is 1. The highest BCUT2D eigenvalue weighted by atomic mass is 32.2. The van der Waals surface area contributed by atoms with E-state index in [9.17, 15) is 23.3 Å².